The molecule has 1 atom stereocenters. The molecule has 38 heavy (non-hydrogen) atoms. The van der Waals surface area contributed by atoms with Crippen molar-refractivity contribution in [2.24, 2.45) is 0 Å². The topological polar surface area (TPSA) is 110 Å². The summed E-state index contributed by atoms with van der Waals surface area (Å²) in [6, 6.07) is 11.3. The van der Waals surface area contributed by atoms with Gasteiger partial charge in [0.15, 0.2) is 0 Å². The van der Waals surface area contributed by atoms with Crippen LogP contribution in [-0.2, 0) is 4.74 Å². The number of hydrazine groups is 2. The van der Waals surface area contributed by atoms with Gasteiger partial charge in [0.2, 0.25) is 0 Å². The van der Waals surface area contributed by atoms with Gasteiger partial charge < -0.3 is 20.8 Å². The van der Waals surface area contributed by atoms with E-state index in [1.165, 1.54) is 17.5 Å². The summed E-state index contributed by atoms with van der Waals surface area (Å²) < 4.78 is 5.18. The molecule has 0 bridgehead atoms. The molecule has 0 aliphatic carbocycles. The van der Waals surface area contributed by atoms with Crippen LogP contribution in [0.5, 0.6) is 0 Å². The second-order valence-electron chi connectivity index (χ2n) is 8.60. The number of rotatable bonds is 9. The molecule has 4 N–H and O–H groups in total. The standard InChI is InChI=1S/C26H24Cl2N8OS/c1-15-3-4-17(8-20(15)27)32-24-16(10-29)11-30-25-19(24)7-18(9-21(25)28)33-26(23-13-38-14-31-23)22-12-36(35-34-22)5-6-37-2/h3-4,7-9,11-14,26,33-35H,5-6H2,1-2H3,(H,30,32)/t26-/m1/s1. The molecule has 0 saturated heterocycles. The summed E-state index contributed by atoms with van der Waals surface area (Å²) in [5.74, 6) is 0. The molecule has 0 spiro atoms. The zero-order valence-electron chi connectivity index (χ0n) is 20.5. The molecule has 2 aromatic carbocycles. The summed E-state index contributed by atoms with van der Waals surface area (Å²) >= 11 is 14.6. The monoisotopic (exact) mass is 566 g/mol. The van der Waals surface area contributed by atoms with Crippen LogP contribution in [0.2, 0.25) is 10.0 Å². The molecule has 5 rings (SSSR count). The zero-order chi connectivity index (χ0) is 26.6. The Labute approximate surface area is 234 Å². The highest BCUT2D eigenvalue weighted by atomic mass is 35.5. The number of fused-ring (bicyclic) bond motifs is 1. The highest BCUT2D eigenvalue weighted by Crippen LogP contribution is 2.37. The van der Waals surface area contributed by atoms with Gasteiger partial charge in [-0.15, -0.1) is 16.9 Å². The average molecular weight is 568 g/mol. The maximum atomic E-state index is 9.85. The number of nitrogens with zero attached hydrogens (tertiary/aromatic N) is 4. The van der Waals surface area contributed by atoms with E-state index in [2.05, 4.69) is 37.6 Å². The molecule has 0 saturated carbocycles. The number of ether oxygens (including phenoxy) is 1. The molecule has 0 radical (unpaired) electrons. The molecule has 3 heterocycles. The Bertz CT molecular complexity index is 1540. The van der Waals surface area contributed by atoms with Crippen LogP contribution in [0.4, 0.5) is 17.1 Å². The van der Waals surface area contributed by atoms with Gasteiger partial charge in [-0.25, -0.2) is 4.98 Å². The Morgan fingerprint density at radius 1 is 1.18 bits per heavy atom. The summed E-state index contributed by atoms with van der Waals surface area (Å²) in [6.07, 6.45) is 3.49. The third kappa shape index (κ3) is 5.48. The van der Waals surface area contributed by atoms with Gasteiger partial charge in [0, 0.05) is 46.7 Å². The van der Waals surface area contributed by atoms with Crippen molar-refractivity contribution in [3.63, 3.8) is 0 Å². The van der Waals surface area contributed by atoms with Crippen molar-refractivity contribution in [1.29, 1.82) is 5.26 Å². The number of thiazole rings is 1. The number of anilines is 3. The van der Waals surface area contributed by atoms with E-state index < -0.39 is 0 Å². The average Bonchev–Trinajstić information content (AvgIpc) is 3.61. The summed E-state index contributed by atoms with van der Waals surface area (Å²) in [5.41, 5.74) is 13.9. The van der Waals surface area contributed by atoms with Gasteiger partial charge in [-0.1, -0.05) is 29.3 Å². The maximum Gasteiger partial charge on any atom is 0.113 e. The quantitative estimate of drug-likeness (QED) is 0.197. The first-order chi connectivity index (χ1) is 18.5. The number of halogens is 2. The summed E-state index contributed by atoms with van der Waals surface area (Å²) in [5, 5.41) is 22.4. The minimum absolute atomic E-state index is 0.297. The Morgan fingerprint density at radius 3 is 2.76 bits per heavy atom. The van der Waals surface area contributed by atoms with E-state index in [4.69, 9.17) is 27.9 Å². The van der Waals surface area contributed by atoms with Crippen molar-refractivity contribution in [1.82, 2.24) is 25.9 Å². The number of hydrogen-bond acceptors (Lipinski definition) is 10. The second-order valence-corrected chi connectivity index (χ2v) is 10.1. The number of pyridine rings is 1. The minimum Gasteiger partial charge on any atom is -0.383 e. The lowest BCUT2D eigenvalue weighted by Gasteiger charge is -2.20. The van der Waals surface area contributed by atoms with Crippen LogP contribution in [0.15, 0.2) is 59.3 Å². The lowest BCUT2D eigenvalue weighted by Crippen LogP contribution is -2.39. The summed E-state index contributed by atoms with van der Waals surface area (Å²) in [7, 11) is 1.67. The van der Waals surface area contributed by atoms with Crippen molar-refractivity contribution in [3.8, 4) is 6.07 Å². The molecule has 12 heteroatoms. The van der Waals surface area contributed by atoms with Crippen LogP contribution < -0.4 is 21.6 Å². The highest BCUT2D eigenvalue weighted by Gasteiger charge is 2.24. The molecule has 0 unspecified atom stereocenters. The van der Waals surface area contributed by atoms with E-state index in [0.29, 0.717) is 45.4 Å². The van der Waals surface area contributed by atoms with Crippen LogP contribution in [0.3, 0.4) is 0 Å². The largest absolute Gasteiger partial charge is 0.383 e. The third-order valence-corrected chi connectivity index (χ3v) is 7.33. The Morgan fingerprint density at radius 2 is 2.03 bits per heavy atom. The smallest absolute Gasteiger partial charge is 0.113 e. The first-order valence-corrected chi connectivity index (χ1v) is 13.4. The first-order valence-electron chi connectivity index (χ1n) is 11.7. The van der Waals surface area contributed by atoms with Crippen molar-refractivity contribution in [3.05, 3.63) is 86.2 Å². The predicted octanol–water partition coefficient (Wildman–Crippen LogP) is 5.89. The van der Waals surface area contributed by atoms with Crippen LogP contribution in [-0.4, -0.2) is 35.2 Å². The third-order valence-electron chi connectivity index (χ3n) is 6.03. The van der Waals surface area contributed by atoms with E-state index in [1.54, 1.807) is 12.6 Å². The van der Waals surface area contributed by atoms with Crippen molar-refractivity contribution in [2.45, 2.75) is 13.0 Å². The van der Waals surface area contributed by atoms with Crippen LogP contribution >= 0.6 is 34.5 Å². The number of methoxy groups -OCH3 is 1. The summed E-state index contributed by atoms with van der Waals surface area (Å²) in [4.78, 5) is 9.00. The molecule has 1 aliphatic rings. The van der Waals surface area contributed by atoms with Gasteiger partial charge in [0.1, 0.15) is 12.1 Å². The van der Waals surface area contributed by atoms with Crippen molar-refractivity contribution in [2.75, 3.05) is 30.9 Å². The van der Waals surface area contributed by atoms with Crippen LogP contribution in [0.25, 0.3) is 10.9 Å². The normalized spacial score (nSPS) is 13.7. The van der Waals surface area contributed by atoms with Gasteiger partial charge in [-0.05, 0) is 36.8 Å². The molecule has 9 nitrogen and oxygen atoms in total. The first kappa shape index (κ1) is 26.0. The van der Waals surface area contributed by atoms with E-state index in [1.807, 2.05) is 53.8 Å². The van der Waals surface area contributed by atoms with Gasteiger partial charge in [-0.3, -0.25) is 9.99 Å². The lowest BCUT2D eigenvalue weighted by molar-refractivity contribution is 0.148. The molecule has 1 aliphatic heterocycles. The second kappa shape index (κ2) is 11.4. The molecule has 194 valence electrons. The van der Waals surface area contributed by atoms with E-state index in [9.17, 15) is 5.26 Å². The fourth-order valence-corrected chi connectivity index (χ4v) is 5.07. The van der Waals surface area contributed by atoms with Gasteiger partial charge in [0.25, 0.3) is 0 Å². The number of aryl methyl sites for hydroxylation is 1. The van der Waals surface area contributed by atoms with Gasteiger partial charge in [-0.2, -0.15) is 5.26 Å². The number of aromatic nitrogens is 2. The lowest BCUT2D eigenvalue weighted by atomic mass is 10.1. The fraction of sp³-hybridized carbons (Fsp3) is 0.192. The fourth-order valence-electron chi connectivity index (χ4n) is 4.04. The Kier molecular flexibility index (Phi) is 7.83. The Hall–Kier alpha value is -3.59. The molecule has 4 aromatic rings. The van der Waals surface area contributed by atoms with Crippen LogP contribution in [0.1, 0.15) is 22.9 Å². The van der Waals surface area contributed by atoms with E-state index >= 15 is 0 Å². The molecular weight excluding hydrogens is 543 g/mol. The van der Waals surface area contributed by atoms with E-state index in [-0.39, 0.29) is 6.04 Å². The predicted molar refractivity (Wildman–Crippen MR) is 152 cm³/mol. The molecule has 0 amide bonds. The zero-order valence-corrected chi connectivity index (χ0v) is 22.9. The SMILES string of the molecule is COCCN1C=C([C@@H](Nc2cc(Cl)c3ncc(C#N)c(Nc4ccc(C)c(Cl)c4)c3c2)c2cscn2)NN1. The molecule has 2 aromatic heterocycles. The number of hydrogen-bond donors (Lipinski definition) is 4. The van der Waals surface area contributed by atoms with Crippen LogP contribution in [0, 0.1) is 18.3 Å². The molecule has 0 fully saturated rings. The van der Waals surface area contributed by atoms with Crippen molar-refractivity contribution < 1.29 is 4.74 Å². The minimum atomic E-state index is -0.297. The van der Waals surface area contributed by atoms with Gasteiger partial charge in [0.05, 0.1) is 51.8 Å². The highest BCUT2D eigenvalue weighted by molar-refractivity contribution is 7.07. The number of nitriles is 1. The molecular formula is C26H24Cl2N8OS. The summed E-state index contributed by atoms with van der Waals surface area (Å²) in [6.45, 7) is 3.18. The number of nitrogens with one attached hydrogen (secondary N) is 4. The maximum absolute atomic E-state index is 9.85. The number of benzene rings is 2. The van der Waals surface area contributed by atoms with Crippen molar-refractivity contribution >= 4 is 62.5 Å². The van der Waals surface area contributed by atoms with E-state index in [0.717, 1.165) is 28.3 Å². The van der Waals surface area contributed by atoms with Gasteiger partial charge >= 0.3 is 0 Å². The Balaban J connectivity index is 1.54.